The molecule has 2 aromatic rings. The topological polar surface area (TPSA) is 46.9 Å². The molecule has 0 bridgehead atoms. The van der Waals surface area contributed by atoms with Crippen LogP contribution in [-0.2, 0) is 30.1 Å². The second kappa shape index (κ2) is 6.33. The molecule has 1 atom stereocenters. The van der Waals surface area contributed by atoms with E-state index >= 15 is 0 Å². The van der Waals surface area contributed by atoms with Gasteiger partial charge in [0.1, 0.15) is 5.82 Å². The molecule has 1 aliphatic rings. The van der Waals surface area contributed by atoms with E-state index in [-0.39, 0.29) is 12.5 Å². The molecule has 1 unspecified atom stereocenters. The van der Waals surface area contributed by atoms with Gasteiger partial charge in [-0.05, 0) is 24.6 Å². The zero-order valence-electron chi connectivity index (χ0n) is 13.2. The molecule has 140 valence electrons. The Labute approximate surface area is 143 Å². The van der Waals surface area contributed by atoms with E-state index in [1.54, 1.807) is 12.4 Å². The van der Waals surface area contributed by atoms with Gasteiger partial charge in [0.2, 0.25) is 5.91 Å². The average molecular weight is 377 g/mol. The van der Waals surface area contributed by atoms with E-state index in [0.717, 1.165) is 0 Å². The monoisotopic (exact) mass is 377 g/mol. The Kier molecular flexibility index (Phi) is 4.45. The van der Waals surface area contributed by atoms with E-state index < -0.39 is 41.0 Å². The Balaban J connectivity index is 1.84. The molecule has 0 spiro atoms. The van der Waals surface area contributed by atoms with Crippen LogP contribution in [0.3, 0.4) is 0 Å². The van der Waals surface area contributed by atoms with Crippen LogP contribution in [0.1, 0.15) is 23.4 Å². The van der Waals surface area contributed by atoms with Crippen molar-refractivity contribution in [2.24, 2.45) is 5.92 Å². The minimum absolute atomic E-state index is 0.0209. The van der Waals surface area contributed by atoms with Crippen molar-refractivity contribution in [1.29, 1.82) is 0 Å². The molecule has 2 heterocycles. The van der Waals surface area contributed by atoms with Crippen molar-refractivity contribution in [3.63, 3.8) is 0 Å². The molecular formula is C16H13F6N3O. The van der Waals surface area contributed by atoms with Gasteiger partial charge in [-0.15, -0.1) is 0 Å². The average Bonchev–Trinajstić information content (AvgIpc) is 3.00. The van der Waals surface area contributed by atoms with Crippen LogP contribution in [0.5, 0.6) is 0 Å². The summed E-state index contributed by atoms with van der Waals surface area (Å²) in [6, 6.07) is 1.01. The summed E-state index contributed by atoms with van der Waals surface area (Å²) in [6.45, 7) is 0.504. The number of nitrogens with one attached hydrogen (secondary N) is 1. The van der Waals surface area contributed by atoms with Gasteiger partial charge in [0.15, 0.2) is 0 Å². The number of anilines is 1. The number of alkyl halides is 6. The SMILES string of the molecule is O=C(Nc1cc(C(F)(F)F)cc(C(F)(F)F)c1)C1CCn2ccnc2C1. The maximum Gasteiger partial charge on any atom is 0.416 e. The quantitative estimate of drug-likeness (QED) is 0.801. The third kappa shape index (κ3) is 3.83. The Morgan fingerprint density at radius 3 is 2.27 bits per heavy atom. The molecule has 26 heavy (non-hydrogen) atoms. The lowest BCUT2D eigenvalue weighted by molar-refractivity contribution is -0.143. The third-order valence-corrected chi connectivity index (χ3v) is 4.18. The van der Waals surface area contributed by atoms with Crippen LogP contribution >= 0.6 is 0 Å². The maximum absolute atomic E-state index is 12.9. The molecule has 1 N–H and O–H groups in total. The van der Waals surface area contributed by atoms with E-state index in [4.69, 9.17) is 0 Å². The summed E-state index contributed by atoms with van der Waals surface area (Å²) >= 11 is 0. The number of benzene rings is 1. The highest BCUT2D eigenvalue weighted by Gasteiger charge is 2.37. The van der Waals surface area contributed by atoms with Crippen molar-refractivity contribution >= 4 is 11.6 Å². The van der Waals surface area contributed by atoms with Crippen molar-refractivity contribution in [3.05, 3.63) is 47.5 Å². The number of carbonyl (C=O) groups excluding carboxylic acids is 1. The van der Waals surface area contributed by atoms with Crippen LogP contribution < -0.4 is 5.32 Å². The smallest absolute Gasteiger partial charge is 0.335 e. The summed E-state index contributed by atoms with van der Waals surface area (Å²) in [4.78, 5) is 16.4. The van der Waals surface area contributed by atoms with Crippen LogP contribution in [0, 0.1) is 5.92 Å². The molecule has 0 saturated carbocycles. The highest BCUT2D eigenvalue weighted by molar-refractivity contribution is 5.93. The first-order chi connectivity index (χ1) is 12.0. The summed E-state index contributed by atoms with van der Waals surface area (Å²) in [5.41, 5.74) is -3.48. The lowest BCUT2D eigenvalue weighted by Crippen LogP contribution is -2.30. The predicted molar refractivity (Wildman–Crippen MR) is 79.1 cm³/mol. The second-order valence-corrected chi connectivity index (χ2v) is 6.01. The number of aryl methyl sites for hydroxylation is 1. The molecule has 1 amide bonds. The number of amides is 1. The Bertz CT molecular complexity index is 792. The van der Waals surface area contributed by atoms with Crippen LogP contribution in [0.25, 0.3) is 0 Å². The minimum Gasteiger partial charge on any atom is -0.335 e. The summed E-state index contributed by atoms with van der Waals surface area (Å²) in [5.74, 6) is -0.558. The van der Waals surface area contributed by atoms with Crippen LogP contribution in [0.4, 0.5) is 32.0 Å². The fourth-order valence-electron chi connectivity index (χ4n) is 2.85. The van der Waals surface area contributed by atoms with E-state index in [1.807, 2.05) is 4.57 Å². The summed E-state index contributed by atoms with van der Waals surface area (Å²) < 4.78 is 79.0. The van der Waals surface area contributed by atoms with Gasteiger partial charge < -0.3 is 9.88 Å². The molecule has 1 aromatic heterocycles. The summed E-state index contributed by atoms with van der Waals surface area (Å²) in [6.07, 6.45) is -5.93. The van der Waals surface area contributed by atoms with E-state index in [1.165, 1.54) is 0 Å². The van der Waals surface area contributed by atoms with Gasteiger partial charge in [0.25, 0.3) is 0 Å². The highest BCUT2D eigenvalue weighted by atomic mass is 19.4. The first kappa shape index (κ1) is 18.3. The first-order valence-electron chi connectivity index (χ1n) is 7.64. The van der Waals surface area contributed by atoms with Gasteiger partial charge in [-0.1, -0.05) is 0 Å². The van der Waals surface area contributed by atoms with E-state index in [0.29, 0.717) is 30.9 Å². The number of hydrogen-bond acceptors (Lipinski definition) is 2. The van der Waals surface area contributed by atoms with Gasteiger partial charge in [0.05, 0.1) is 11.1 Å². The highest BCUT2D eigenvalue weighted by Crippen LogP contribution is 2.37. The standard InChI is InChI=1S/C16H13F6N3O/c17-15(18,19)10-6-11(16(20,21)22)8-12(7-10)24-14(26)9-1-3-25-4-2-23-13(25)5-9/h2,4,6-9H,1,3,5H2,(H,24,26). The number of hydrogen-bond donors (Lipinski definition) is 1. The predicted octanol–water partition coefficient (Wildman–Crippen LogP) is 4.12. The second-order valence-electron chi connectivity index (χ2n) is 6.01. The van der Waals surface area contributed by atoms with Gasteiger partial charge in [0, 0.05) is 37.0 Å². The maximum atomic E-state index is 12.9. The van der Waals surface area contributed by atoms with Crippen LogP contribution in [0.2, 0.25) is 0 Å². The molecule has 0 aliphatic carbocycles. The molecule has 3 rings (SSSR count). The fraction of sp³-hybridized carbons (Fsp3) is 0.375. The number of halogens is 6. The van der Waals surface area contributed by atoms with Crippen molar-refractivity contribution in [2.75, 3.05) is 5.32 Å². The van der Waals surface area contributed by atoms with Crippen molar-refractivity contribution in [2.45, 2.75) is 31.7 Å². The fourth-order valence-corrected chi connectivity index (χ4v) is 2.85. The Morgan fingerprint density at radius 2 is 1.69 bits per heavy atom. The Morgan fingerprint density at radius 1 is 1.08 bits per heavy atom. The van der Waals surface area contributed by atoms with E-state index in [9.17, 15) is 31.1 Å². The third-order valence-electron chi connectivity index (χ3n) is 4.18. The van der Waals surface area contributed by atoms with Crippen molar-refractivity contribution < 1.29 is 31.1 Å². The van der Waals surface area contributed by atoms with Gasteiger partial charge in [-0.2, -0.15) is 26.3 Å². The van der Waals surface area contributed by atoms with Crippen LogP contribution in [-0.4, -0.2) is 15.5 Å². The number of carbonyl (C=O) groups is 1. The molecular weight excluding hydrogens is 364 g/mol. The molecule has 1 aliphatic heterocycles. The lowest BCUT2D eigenvalue weighted by atomic mass is 9.96. The largest absolute Gasteiger partial charge is 0.416 e. The Hall–Kier alpha value is -2.52. The number of nitrogens with zero attached hydrogens (tertiary/aromatic N) is 2. The molecule has 0 radical (unpaired) electrons. The summed E-state index contributed by atoms with van der Waals surface area (Å²) in [7, 11) is 0. The van der Waals surface area contributed by atoms with Crippen molar-refractivity contribution in [3.8, 4) is 0 Å². The van der Waals surface area contributed by atoms with Gasteiger partial charge >= 0.3 is 12.4 Å². The normalized spacial score (nSPS) is 17.7. The number of imidazole rings is 1. The first-order valence-corrected chi connectivity index (χ1v) is 7.64. The molecule has 0 fully saturated rings. The molecule has 10 heteroatoms. The number of aromatic nitrogens is 2. The van der Waals surface area contributed by atoms with E-state index in [2.05, 4.69) is 10.3 Å². The molecule has 0 saturated heterocycles. The lowest BCUT2D eigenvalue weighted by Gasteiger charge is -2.23. The van der Waals surface area contributed by atoms with Gasteiger partial charge in [-0.3, -0.25) is 4.79 Å². The number of fused-ring (bicyclic) bond motifs is 1. The molecule has 1 aromatic carbocycles. The summed E-state index contributed by atoms with van der Waals surface area (Å²) in [5, 5.41) is 2.18. The van der Waals surface area contributed by atoms with Crippen molar-refractivity contribution in [1.82, 2.24) is 9.55 Å². The van der Waals surface area contributed by atoms with Gasteiger partial charge in [-0.25, -0.2) is 4.98 Å². The zero-order chi connectivity index (χ0) is 19.1. The van der Waals surface area contributed by atoms with Crippen LogP contribution in [0.15, 0.2) is 30.6 Å². The minimum atomic E-state index is -4.96. The number of rotatable bonds is 2. The zero-order valence-corrected chi connectivity index (χ0v) is 13.2. The molecule has 4 nitrogen and oxygen atoms in total.